The van der Waals surface area contributed by atoms with Crippen LogP contribution in [0.5, 0.6) is 0 Å². The molecule has 1 N–H and O–H groups in total. The first-order valence-corrected chi connectivity index (χ1v) is 2.23. The van der Waals surface area contributed by atoms with Crippen molar-refractivity contribution in [3.8, 4) is 0 Å². The van der Waals surface area contributed by atoms with Gasteiger partial charge in [-0.05, 0) is 6.92 Å². The molecule has 0 bridgehead atoms. The summed E-state index contributed by atoms with van der Waals surface area (Å²) < 4.78 is 0. The Labute approximate surface area is 46.7 Å². The van der Waals surface area contributed by atoms with Crippen molar-refractivity contribution >= 4 is 5.78 Å². The lowest BCUT2D eigenvalue weighted by atomic mass is 10.3. The smallest absolute Gasteiger partial charge is 0.163 e. The molecule has 0 amide bonds. The summed E-state index contributed by atoms with van der Waals surface area (Å²) in [5, 5.41) is 5.96. The molecular formula is C5H5N2O. The van der Waals surface area contributed by atoms with E-state index in [1.807, 2.05) is 0 Å². The zero-order chi connectivity index (χ0) is 5.98. The first kappa shape index (κ1) is 5.03. The maximum Gasteiger partial charge on any atom is 0.163 e. The molecule has 0 aliphatic carbocycles. The lowest BCUT2D eigenvalue weighted by Crippen LogP contribution is -1.86. The maximum absolute atomic E-state index is 10.4. The number of ketones is 1. The minimum absolute atomic E-state index is 0.0150. The van der Waals surface area contributed by atoms with Gasteiger partial charge in [0.2, 0.25) is 0 Å². The van der Waals surface area contributed by atoms with Gasteiger partial charge in [0.25, 0.3) is 0 Å². The van der Waals surface area contributed by atoms with E-state index in [0.717, 1.165) is 0 Å². The van der Waals surface area contributed by atoms with Crippen molar-refractivity contribution in [1.82, 2.24) is 10.2 Å². The van der Waals surface area contributed by atoms with Crippen molar-refractivity contribution in [3.63, 3.8) is 0 Å². The Kier molecular flexibility index (Phi) is 1.12. The Morgan fingerprint density at radius 2 is 2.75 bits per heavy atom. The van der Waals surface area contributed by atoms with Crippen LogP contribution in [0.4, 0.5) is 0 Å². The number of nitrogens with zero attached hydrogens (tertiary/aromatic N) is 1. The highest BCUT2D eigenvalue weighted by Crippen LogP contribution is 1.91. The second-order valence-electron chi connectivity index (χ2n) is 1.47. The van der Waals surface area contributed by atoms with E-state index in [1.165, 1.54) is 13.1 Å². The van der Waals surface area contributed by atoms with Crippen LogP contribution in [0.2, 0.25) is 0 Å². The number of carbonyl (C=O) groups excluding carboxylic acids is 1. The predicted molar refractivity (Wildman–Crippen MR) is 27.4 cm³/mol. The molecule has 3 nitrogen and oxygen atoms in total. The predicted octanol–water partition coefficient (Wildman–Crippen LogP) is 0.412. The number of nitrogens with one attached hydrogen (secondary N) is 1. The van der Waals surface area contributed by atoms with Crippen LogP contribution in [0.1, 0.15) is 17.3 Å². The Morgan fingerprint density at radius 1 is 2.00 bits per heavy atom. The fourth-order valence-corrected chi connectivity index (χ4v) is 0.402. The molecule has 3 heteroatoms. The van der Waals surface area contributed by atoms with Gasteiger partial charge in [0.1, 0.15) is 6.20 Å². The fraction of sp³-hybridized carbons (Fsp3) is 0.200. The van der Waals surface area contributed by atoms with Crippen molar-refractivity contribution in [2.45, 2.75) is 6.92 Å². The van der Waals surface area contributed by atoms with E-state index in [0.29, 0.717) is 5.56 Å². The number of hydrogen-bond acceptors (Lipinski definition) is 2. The monoisotopic (exact) mass is 109 g/mol. The summed E-state index contributed by atoms with van der Waals surface area (Å²) in [4.78, 5) is 10.4. The molecule has 1 radical (unpaired) electrons. The van der Waals surface area contributed by atoms with Crippen molar-refractivity contribution < 1.29 is 4.79 Å². The molecule has 1 aromatic heterocycles. The zero-order valence-electron chi connectivity index (χ0n) is 4.43. The number of hydrogen-bond donors (Lipinski definition) is 1. The van der Waals surface area contributed by atoms with Crippen LogP contribution in [-0.2, 0) is 0 Å². The summed E-state index contributed by atoms with van der Waals surface area (Å²) in [5.74, 6) is -0.0150. The Hall–Kier alpha value is -1.12. The van der Waals surface area contributed by atoms with Crippen molar-refractivity contribution in [3.05, 3.63) is 18.0 Å². The van der Waals surface area contributed by atoms with Crippen LogP contribution >= 0.6 is 0 Å². The Morgan fingerprint density at radius 3 is 3.00 bits per heavy atom. The van der Waals surface area contributed by atoms with Gasteiger partial charge in [-0.15, -0.1) is 0 Å². The van der Waals surface area contributed by atoms with Crippen molar-refractivity contribution in [2.75, 3.05) is 0 Å². The summed E-state index contributed by atoms with van der Waals surface area (Å²) >= 11 is 0. The normalized spacial score (nSPS) is 9.12. The van der Waals surface area contributed by atoms with Crippen LogP contribution in [-0.4, -0.2) is 16.0 Å². The topological polar surface area (TPSA) is 45.8 Å². The first-order valence-electron chi connectivity index (χ1n) is 2.23. The number of rotatable bonds is 1. The van der Waals surface area contributed by atoms with Crippen LogP contribution in [0.3, 0.4) is 0 Å². The molecule has 0 spiro atoms. The number of H-pyrrole nitrogens is 1. The number of aromatic amines is 1. The van der Waals surface area contributed by atoms with Gasteiger partial charge in [0.05, 0.1) is 5.56 Å². The highest BCUT2D eigenvalue weighted by atomic mass is 16.1. The van der Waals surface area contributed by atoms with Gasteiger partial charge < -0.3 is 0 Å². The maximum atomic E-state index is 10.4. The molecule has 1 aromatic rings. The van der Waals surface area contributed by atoms with Crippen molar-refractivity contribution in [1.29, 1.82) is 0 Å². The third-order valence-corrected chi connectivity index (χ3v) is 0.829. The van der Waals surface area contributed by atoms with Crippen LogP contribution in [0, 0.1) is 6.20 Å². The highest BCUT2D eigenvalue weighted by Gasteiger charge is 1.96. The fourth-order valence-electron chi connectivity index (χ4n) is 0.402. The van der Waals surface area contributed by atoms with Gasteiger partial charge >= 0.3 is 0 Å². The van der Waals surface area contributed by atoms with E-state index in [4.69, 9.17) is 0 Å². The lowest BCUT2D eigenvalue weighted by Gasteiger charge is -1.77. The summed E-state index contributed by atoms with van der Waals surface area (Å²) in [6, 6.07) is 0. The van der Waals surface area contributed by atoms with E-state index in [9.17, 15) is 4.79 Å². The molecule has 0 atom stereocenters. The molecule has 41 valence electrons. The van der Waals surface area contributed by atoms with Crippen LogP contribution in [0.25, 0.3) is 0 Å². The third-order valence-electron chi connectivity index (χ3n) is 0.829. The Bertz CT molecular complexity index is 178. The summed E-state index contributed by atoms with van der Waals surface area (Å²) in [6.07, 6.45) is 4.00. The van der Waals surface area contributed by atoms with Gasteiger partial charge in [-0.25, -0.2) is 0 Å². The molecule has 8 heavy (non-hydrogen) atoms. The van der Waals surface area contributed by atoms with Crippen molar-refractivity contribution in [2.24, 2.45) is 0 Å². The number of carbonyl (C=O) groups is 1. The minimum Gasteiger partial charge on any atom is -0.294 e. The molecule has 0 saturated carbocycles. The summed E-state index contributed by atoms with van der Waals surface area (Å²) in [7, 11) is 0. The molecular weight excluding hydrogens is 104 g/mol. The van der Waals surface area contributed by atoms with Gasteiger partial charge in [-0.1, -0.05) is 0 Å². The molecule has 0 saturated heterocycles. The van der Waals surface area contributed by atoms with Gasteiger partial charge in [-0.3, -0.25) is 9.89 Å². The standard InChI is InChI=1S/C5H5N2O/c1-4(8)5-2-6-7-3-5/h2H,1H3,(H,6,7). The van der Waals surface area contributed by atoms with Gasteiger partial charge in [-0.2, -0.15) is 5.10 Å². The average Bonchev–Trinajstić information content (AvgIpc) is 2.12. The summed E-state index contributed by atoms with van der Waals surface area (Å²) in [6.45, 7) is 1.47. The SMILES string of the molecule is CC(=O)c1[c]n[nH]c1. The number of aromatic nitrogens is 2. The highest BCUT2D eigenvalue weighted by molar-refractivity contribution is 5.93. The number of Topliss-reactive ketones (excluding diaryl/α,β-unsaturated/α-hetero) is 1. The van der Waals surface area contributed by atoms with Gasteiger partial charge in [0.15, 0.2) is 5.78 Å². The molecule has 1 rings (SSSR count). The minimum atomic E-state index is -0.0150. The molecule has 0 unspecified atom stereocenters. The average molecular weight is 109 g/mol. The third kappa shape index (κ3) is 0.753. The molecule has 0 aliphatic heterocycles. The lowest BCUT2D eigenvalue weighted by molar-refractivity contribution is 0.101. The van der Waals surface area contributed by atoms with Gasteiger partial charge in [0, 0.05) is 6.20 Å². The largest absolute Gasteiger partial charge is 0.294 e. The van der Waals surface area contributed by atoms with Crippen LogP contribution in [0.15, 0.2) is 6.20 Å². The second kappa shape index (κ2) is 1.78. The Balaban J connectivity index is 2.93. The van der Waals surface area contributed by atoms with E-state index in [2.05, 4.69) is 16.4 Å². The van der Waals surface area contributed by atoms with E-state index in [-0.39, 0.29) is 5.78 Å². The van der Waals surface area contributed by atoms with Crippen LogP contribution < -0.4 is 0 Å². The van der Waals surface area contributed by atoms with E-state index in [1.54, 1.807) is 0 Å². The van der Waals surface area contributed by atoms with E-state index >= 15 is 0 Å². The summed E-state index contributed by atoms with van der Waals surface area (Å²) in [5.41, 5.74) is 0.505. The molecule has 0 fully saturated rings. The quantitative estimate of drug-likeness (QED) is 0.531. The molecule has 1 heterocycles. The van der Waals surface area contributed by atoms with E-state index < -0.39 is 0 Å². The molecule has 0 aliphatic rings. The zero-order valence-corrected chi connectivity index (χ0v) is 4.43. The second-order valence-corrected chi connectivity index (χ2v) is 1.47. The first-order chi connectivity index (χ1) is 3.80. The molecule has 0 aromatic carbocycles.